The Morgan fingerprint density at radius 3 is 2.50 bits per heavy atom. The maximum Gasteiger partial charge on any atom is 0.343 e. The molecule has 4 rings (SSSR count). The van der Waals surface area contributed by atoms with Gasteiger partial charge in [-0.2, -0.15) is 15.1 Å². The first-order chi connectivity index (χ1) is 14.4. The summed E-state index contributed by atoms with van der Waals surface area (Å²) >= 11 is 1.20. The maximum atomic E-state index is 12.3. The quantitative estimate of drug-likeness (QED) is 0.454. The number of benzene rings is 2. The van der Waals surface area contributed by atoms with Crippen LogP contribution in [0.25, 0.3) is 6.08 Å². The van der Waals surface area contributed by atoms with Crippen molar-refractivity contribution in [3.05, 3.63) is 70.8 Å². The molecule has 2 aromatic rings. The van der Waals surface area contributed by atoms with Gasteiger partial charge in [-0.3, -0.25) is 10.2 Å². The van der Waals surface area contributed by atoms with Crippen LogP contribution in [0.3, 0.4) is 0 Å². The molecule has 0 bridgehead atoms. The van der Waals surface area contributed by atoms with Crippen molar-refractivity contribution in [3.63, 3.8) is 0 Å². The lowest BCUT2D eigenvalue weighted by Crippen LogP contribution is -2.35. The number of fused-ring (bicyclic) bond motifs is 1. The molecule has 7 nitrogen and oxygen atoms in total. The minimum Gasteiger partial charge on any atom is -0.423 e. The number of rotatable bonds is 4. The van der Waals surface area contributed by atoms with Crippen LogP contribution < -0.4 is 4.74 Å². The van der Waals surface area contributed by atoms with E-state index in [0.29, 0.717) is 28.0 Å². The SMILES string of the molecule is CC(C)c1ccc(C(=O)Oc2ccc(/C=C3/C(=N)N4N=CSC4=NC3=O)cc2)cc1. The number of nitrogens with one attached hydrogen (secondary N) is 1. The van der Waals surface area contributed by atoms with Gasteiger partial charge in [-0.05, 0) is 59.1 Å². The zero-order chi connectivity index (χ0) is 21.3. The standard InChI is InChI=1S/C22H18N4O3S/c1-13(2)15-5-7-16(8-6-15)21(28)29-17-9-3-14(4-10-17)11-18-19(23)26-22(25-20(18)27)30-12-24-26/h3-13,23H,1-2H3/b18-11-,23-19?. The second-order valence-corrected chi connectivity index (χ2v) is 7.80. The second kappa shape index (κ2) is 8.08. The van der Waals surface area contributed by atoms with Crippen molar-refractivity contribution in [3.8, 4) is 5.75 Å². The molecular formula is C22H18N4O3S. The van der Waals surface area contributed by atoms with Gasteiger partial charge in [0.1, 0.15) is 5.75 Å². The van der Waals surface area contributed by atoms with Crippen LogP contribution in [0.1, 0.15) is 41.3 Å². The van der Waals surface area contributed by atoms with Gasteiger partial charge in [-0.25, -0.2) is 4.79 Å². The number of hydrogen-bond acceptors (Lipinski definition) is 6. The minimum atomic E-state index is -0.482. The summed E-state index contributed by atoms with van der Waals surface area (Å²) in [4.78, 5) is 28.5. The number of amides is 1. The fourth-order valence-corrected chi connectivity index (χ4v) is 3.52. The van der Waals surface area contributed by atoms with Gasteiger partial charge in [0.2, 0.25) is 0 Å². The third-order valence-corrected chi connectivity index (χ3v) is 5.29. The average Bonchev–Trinajstić information content (AvgIpc) is 3.21. The van der Waals surface area contributed by atoms with E-state index in [4.69, 9.17) is 10.1 Å². The molecule has 2 aliphatic rings. The zero-order valence-corrected chi connectivity index (χ0v) is 17.1. The highest BCUT2D eigenvalue weighted by molar-refractivity contribution is 8.25. The lowest BCUT2D eigenvalue weighted by Gasteiger charge is -2.20. The Hall–Kier alpha value is -3.52. The van der Waals surface area contributed by atoms with E-state index in [9.17, 15) is 9.59 Å². The second-order valence-electron chi connectivity index (χ2n) is 6.99. The van der Waals surface area contributed by atoms with E-state index in [1.807, 2.05) is 12.1 Å². The molecule has 0 radical (unpaired) electrons. The van der Waals surface area contributed by atoms with E-state index in [0.717, 1.165) is 5.56 Å². The fraction of sp³-hybridized carbons (Fsp3) is 0.136. The molecule has 1 N–H and O–H groups in total. The molecule has 0 fully saturated rings. The molecule has 0 saturated carbocycles. The number of carbonyl (C=O) groups excluding carboxylic acids is 2. The van der Waals surface area contributed by atoms with Gasteiger partial charge in [0.25, 0.3) is 5.91 Å². The molecular weight excluding hydrogens is 400 g/mol. The molecule has 0 atom stereocenters. The van der Waals surface area contributed by atoms with Crippen molar-refractivity contribution in [1.82, 2.24) is 5.01 Å². The Kier molecular flexibility index (Phi) is 5.33. The summed E-state index contributed by atoms with van der Waals surface area (Å²) in [6.07, 6.45) is 1.57. The first-order valence-corrected chi connectivity index (χ1v) is 10.2. The van der Waals surface area contributed by atoms with Gasteiger partial charge < -0.3 is 4.74 Å². The number of nitrogens with zero attached hydrogens (tertiary/aromatic N) is 3. The Balaban J connectivity index is 1.47. The average molecular weight is 418 g/mol. The Labute approximate surface area is 177 Å². The van der Waals surface area contributed by atoms with Crippen LogP contribution >= 0.6 is 11.8 Å². The Morgan fingerprint density at radius 1 is 1.13 bits per heavy atom. The van der Waals surface area contributed by atoms with Gasteiger partial charge >= 0.3 is 5.97 Å². The van der Waals surface area contributed by atoms with Gasteiger partial charge in [-0.15, -0.1) is 0 Å². The highest BCUT2D eigenvalue weighted by Crippen LogP contribution is 2.25. The highest BCUT2D eigenvalue weighted by Gasteiger charge is 2.32. The number of hydrogen-bond donors (Lipinski definition) is 1. The van der Waals surface area contributed by atoms with Crippen LogP contribution in [0.5, 0.6) is 5.75 Å². The van der Waals surface area contributed by atoms with Crippen LogP contribution in [0, 0.1) is 5.41 Å². The predicted molar refractivity (Wildman–Crippen MR) is 118 cm³/mol. The number of thioether (sulfide) groups is 1. The largest absolute Gasteiger partial charge is 0.423 e. The number of ether oxygens (including phenoxy) is 1. The third-order valence-electron chi connectivity index (χ3n) is 4.61. The molecule has 0 aromatic heterocycles. The molecule has 30 heavy (non-hydrogen) atoms. The number of aliphatic imine (C=N–C) groups is 1. The third kappa shape index (κ3) is 3.95. The first kappa shape index (κ1) is 19.8. The van der Waals surface area contributed by atoms with Crippen LogP contribution in [0.4, 0.5) is 0 Å². The lowest BCUT2D eigenvalue weighted by molar-refractivity contribution is -0.114. The van der Waals surface area contributed by atoms with Gasteiger partial charge in [0, 0.05) is 0 Å². The van der Waals surface area contributed by atoms with Gasteiger partial charge in [-0.1, -0.05) is 38.1 Å². The van der Waals surface area contributed by atoms with E-state index >= 15 is 0 Å². The van der Waals surface area contributed by atoms with Crippen molar-refractivity contribution in [2.45, 2.75) is 19.8 Å². The monoisotopic (exact) mass is 418 g/mol. The van der Waals surface area contributed by atoms with Gasteiger partial charge in [0.15, 0.2) is 11.0 Å². The Morgan fingerprint density at radius 2 is 1.83 bits per heavy atom. The molecule has 0 saturated heterocycles. The summed E-state index contributed by atoms with van der Waals surface area (Å²) in [6.45, 7) is 4.18. The van der Waals surface area contributed by atoms with E-state index in [-0.39, 0.29) is 11.4 Å². The van der Waals surface area contributed by atoms with Crippen LogP contribution in [0.2, 0.25) is 0 Å². The minimum absolute atomic E-state index is 0.0217. The number of carbonyl (C=O) groups is 2. The molecule has 0 unspecified atom stereocenters. The van der Waals surface area contributed by atoms with Crippen molar-refractivity contribution < 1.29 is 14.3 Å². The van der Waals surface area contributed by atoms with Crippen molar-refractivity contribution in [1.29, 1.82) is 5.41 Å². The molecule has 2 aliphatic heterocycles. The number of amidine groups is 2. The smallest absolute Gasteiger partial charge is 0.343 e. The summed E-state index contributed by atoms with van der Waals surface area (Å²) in [7, 11) is 0. The molecule has 2 aromatic carbocycles. The van der Waals surface area contributed by atoms with Crippen LogP contribution in [0.15, 0.2) is 64.2 Å². The summed E-state index contributed by atoms with van der Waals surface area (Å²) in [6, 6.07) is 14.0. The Bertz CT molecular complexity index is 1120. The number of hydrazone groups is 1. The van der Waals surface area contributed by atoms with E-state index < -0.39 is 11.9 Å². The van der Waals surface area contributed by atoms with Crippen LogP contribution in [-0.2, 0) is 4.79 Å². The lowest BCUT2D eigenvalue weighted by atomic mass is 10.0. The molecule has 0 spiro atoms. The topological polar surface area (TPSA) is 95.2 Å². The van der Waals surface area contributed by atoms with Crippen molar-refractivity contribution in [2.24, 2.45) is 10.1 Å². The maximum absolute atomic E-state index is 12.3. The van der Waals surface area contributed by atoms with Crippen molar-refractivity contribution >= 4 is 46.3 Å². The van der Waals surface area contributed by atoms with Gasteiger partial charge in [0.05, 0.1) is 16.7 Å². The summed E-state index contributed by atoms with van der Waals surface area (Å²) in [5.41, 5.74) is 3.99. The predicted octanol–water partition coefficient (Wildman–Crippen LogP) is 4.28. The summed E-state index contributed by atoms with van der Waals surface area (Å²) in [5.74, 6) is -0.161. The first-order valence-electron chi connectivity index (χ1n) is 9.27. The molecule has 8 heteroatoms. The zero-order valence-electron chi connectivity index (χ0n) is 16.3. The van der Waals surface area contributed by atoms with Crippen LogP contribution in [-0.4, -0.2) is 33.4 Å². The summed E-state index contributed by atoms with van der Waals surface area (Å²) < 4.78 is 5.42. The molecule has 2 heterocycles. The molecule has 1 amide bonds. The fourth-order valence-electron chi connectivity index (χ4n) is 2.91. The van der Waals surface area contributed by atoms with E-state index in [2.05, 4.69) is 23.9 Å². The summed E-state index contributed by atoms with van der Waals surface area (Å²) in [5, 5.41) is 13.9. The molecule has 0 aliphatic carbocycles. The number of esters is 1. The van der Waals surface area contributed by atoms with E-state index in [1.54, 1.807) is 42.5 Å². The van der Waals surface area contributed by atoms with E-state index in [1.165, 1.54) is 22.3 Å². The normalized spacial score (nSPS) is 16.8. The highest BCUT2D eigenvalue weighted by atomic mass is 32.2. The molecule has 150 valence electrons. The van der Waals surface area contributed by atoms with Crippen molar-refractivity contribution in [2.75, 3.05) is 0 Å².